The van der Waals surface area contributed by atoms with Crippen LogP contribution in [0.1, 0.15) is 18.4 Å². The van der Waals surface area contributed by atoms with Crippen LogP contribution in [0.5, 0.6) is 0 Å². The standard InChI is InChI=1S/C15H15N3S/c16-19-12-3-1-2-10(6-12)11-7-13-14(17-8-11)18-9-15(13)4-5-15/h1-3,6-8H,4-5,9,16H2,(H,17,18). The summed E-state index contributed by atoms with van der Waals surface area (Å²) in [6.07, 6.45) is 4.53. The maximum absolute atomic E-state index is 5.63. The topological polar surface area (TPSA) is 50.9 Å². The minimum Gasteiger partial charge on any atom is -0.369 e. The number of hydrogen-bond donors (Lipinski definition) is 2. The van der Waals surface area contributed by atoms with Crippen LogP contribution in [-0.4, -0.2) is 11.5 Å². The van der Waals surface area contributed by atoms with Crippen molar-refractivity contribution in [3.8, 4) is 11.1 Å². The molecule has 0 atom stereocenters. The van der Waals surface area contributed by atoms with Gasteiger partial charge in [-0.25, -0.2) is 4.98 Å². The van der Waals surface area contributed by atoms with E-state index in [9.17, 15) is 0 Å². The summed E-state index contributed by atoms with van der Waals surface area (Å²) < 4.78 is 0. The number of rotatable bonds is 2. The monoisotopic (exact) mass is 269 g/mol. The fourth-order valence-corrected chi connectivity index (χ4v) is 3.21. The predicted octanol–water partition coefficient (Wildman–Crippen LogP) is 3.17. The molecule has 1 aliphatic carbocycles. The molecule has 19 heavy (non-hydrogen) atoms. The van der Waals surface area contributed by atoms with Crippen molar-refractivity contribution in [1.29, 1.82) is 0 Å². The van der Waals surface area contributed by atoms with E-state index in [2.05, 4.69) is 28.5 Å². The summed E-state index contributed by atoms with van der Waals surface area (Å²) in [5.41, 5.74) is 4.16. The van der Waals surface area contributed by atoms with Crippen molar-refractivity contribution in [2.24, 2.45) is 5.14 Å². The SMILES string of the molecule is NSc1cccc(-c2cnc3c(c2)C2(CC2)CN3)c1. The molecule has 1 aromatic carbocycles. The molecule has 0 bridgehead atoms. The van der Waals surface area contributed by atoms with E-state index in [1.54, 1.807) is 0 Å². The second kappa shape index (κ2) is 3.99. The molecule has 1 saturated carbocycles. The molecule has 1 aromatic heterocycles. The van der Waals surface area contributed by atoms with Gasteiger partial charge in [0, 0.05) is 34.2 Å². The van der Waals surface area contributed by atoms with Gasteiger partial charge in [-0.2, -0.15) is 0 Å². The molecular weight excluding hydrogens is 254 g/mol. The number of fused-ring (bicyclic) bond motifs is 2. The second-order valence-electron chi connectivity index (χ2n) is 5.40. The van der Waals surface area contributed by atoms with E-state index in [1.807, 2.05) is 18.3 Å². The van der Waals surface area contributed by atoms with Gasteiger partial charge < -0.3 is 5.32 Å². The largest absolute Gasteiger partial charge is 0.369 e. The lowest BCUT2D eigenvalue weighted by Gasteiger charge is -2.08. The summed E-state index contributed by atoms with van der Waals surface area (Å²) in [6.45, 7) is 1.05. The molecule has 2 aliphatic rings. The normalized spacial score (nSPS) is 18.2. The number of benzene rings is 1. The van der Waals surface area contributed by atoms with Gasteiger partial charge in [-0.3, -0.25) is 5.14 Å². The highest BCUT2D eigenvalue weighted by atomic mass is 32.2. The molecule has 3 N–H and O–H groups in total. The summed E-state index contributed by atoms with van der Waals surface area (Å²) in [5.74, 6) is 1.07. The van der Waals surface area contributed by atoms with Gasteiger partial charge in [0.2, 0.25) is 0 Å². The number of nitrogens with two attached hydrogens (primary N) is 1. The minimum atomic E-state index is 0.387. The van der Waals surface area contributed by atoms with E-state index in [1.165, 1.54) is 41.5 Å². The highest BCUT2D eigenvalue weighted by Crippen LogP contribution is 2.54. The van der Waals surface area contributed by atoms with Crippen LogP contribution >= 0.6 is 11.9 Å². The Morgan fingerprint density at radius 2 is 2.11 bits per heavy atom. The molecule has 96 valence electrons. The summed E-state index contributed by atoms with van der Waals surface area (Å²) in [7, 11) is 0. The quantitative estimate of drug-likeness (QED) is 0.822. The van der Waals surface area contributed by atoms with E-state index in [4.69, 9.17) is 5.14 Å². The summed E-state index contributed by atoms with van der Waals surface area (Å²) in [6, 6.07) is 10.6. The zero-order valence-corrected chi connectivity index (χ0v) is 11.3. The van der Waals surface area contributed by atoms with Crippen molar-refractivity contribution < 1.29 is 0 Å². The summed E-state index contributed by atoms with van der Waals surface area (Å²) >= 11 is 1.28. The van der Waals surface area contributed by atoms with Crippen LogP contribution in [0.25, 0.3) is 11.1 Å². The van der Waals surface area contributed by atoms with Crippen molar-refractivity contribution in [3.05, 3.63) is 42.1 Å². The first-order valence-corrected chi connectivity index (χ1v) is 7.40. The van der Waals surface area contributed by atoms with Gasteiger partial charge in [0.05, 0.1) is 0 Å². The van der Waals surface area contributed by atoms with Crippen LogP contribution in [0, 0.1) is 0 Å². The van der Waals surface area contributed by atoms with E-state index in [-0.39, 0.29) is 0 Å². The highest BCUT2D eigenvalue weighted by Gasteiger charge is 2.49. The maximum atomic E-state index is 5.63. The minimum absolute atomic E-state index is 0.387. The average molecular weight is 269 g/mol. The Morgan fingerprint density at radius 1 is 1.21 bits per heavy atom. The lowest BCUT2D eigenvalue weighted by Crippen LogP contribution is -2.08. The van der Waals surface area contributed by atoms with Gasteiger partial charge in [0.25, 0.3) is 0 Å². The molecule has 0 amide bonds. The third-order valence-corrected chi connectivity index (χ3v) is 4.74. The molecular formula is C15H15N3S. The summed E-state index contributed by atoms with van der Waals surface area (Å²) in [5, 5.41) is 9.05. The number of aromatic nitrogens is 1. The van der Waals surface area contributed by atoms with Gasteiger partial charge in [-0.05, 0) is 48.6 Å². The Bertz CT molecular complexity index is 650. The van der Waals surface area contributed by atoms with Gasteiger partial charge in [0.1, 0.15) is 5.82 Å². The lowest BCUT2D eigenvalue weighted by molar-refractivity contribution is 0.778. The van der Waals surface area contributed by atoms with Gasteiger partial charge in [0.15, 0.2) is 0 Å². The molecule has 0 unspecified atom stereocenters. The number of hydrogen-bond acceptors (Lipinski definition) is 4. The zero-order chi connectivity index (χ0) is 12.9. The Balaban J connectivity index is 1.80. The lowest BCUT2D eigenvalue weighted by atomic mass is 9.97. The van der Waals surface area contributed by atoms with E-state index >= 15 is 0 Å². The first kappa shape index (κ1) is 11.3. The molecule has 2 aromatic rings. The van der Waals surface area contributed by atoms with Crippen LogP contribution in [0.3, 0.4) is 0 Å². The number of nitrogens with one attached hydrogen (secondary N) is 1. The first-order valence-electron chi connectivity index (χ1n) is 6.52. The molecule has 0 radical (unpaired) electrons. The van der Waals surface area contributed by atoms with Crippen molar-refractivity contribution in [3.63, 3.8) is 0 Å². The molecule has 1 aliphatic heterocycles. The van der Waals surface area contributed by atoms with Crippen LogP contribution in [-0.2, 0) is 5.41 Å². The van der Waals surface area contributed by atoms with Crippen LogP contribution in [0.15, 0.2) is 41.4 Å². The third kappa shape index (κ3) is 1.75. The van der Waals surface area contributed by atoms with Gasteiger partial charge in [-0.1, -0.05) is 12.1 Å². The molecule has 4 heteroatoms. The van der Waals surface area contributed by atoms with E-state index < -0.39 is 0 Å². The van der Waals surface area contributed by atoms with Gasteiger partial charge in [-0.15, -0.1) is 0 Å². The fraction of sp³-hybridized carbons (Fsp3) is 0.267. The first-order chi connectivity index (χ1) is 9.31. The molecule has 0 saturated heterocycles. The van der Waals surface area contributed by atoms with Crippen molar-refractivity contribution >= 4 is 17.8 Å². The third-order valence-electron chi connectivity index (χ3n) is 4.21. The fourth-order valence-electron chi connectivity index (χ4n) is 2.86. The Hall–Kier alpha value is -1.52. The second-order valence-corrected chi connectivity index (χ2v) is 6.11. The number of anilines is 1. The van der Waals surface area contributed by atoms with E-state index in [0.717, 1.165) is 17.3 Å². The Morgan fingerprint density at radius 3 is 2.89 bits per heavy atom. The number of pyridine rings is 1. The van der Waals surface area contributed by atoms with E-state index in [0.29, 0.717) is 5.41 Å². The predicted molar refractivity (Wildman–Crippen MR) is 79.1 cm³/mol. The molecule has 1 spiro atoms. The van der Waals surface area contributed by atoms with Gasteiger partial charge >= 0.3 is 0 Å². The molecule has 1 fully saturated rings. The summed E-state index contributed by atoms with van der Waals surface area (Å²) in [4.78, 5) is 5.66. The number of nitrogens with zero attached hydrogens (tertiary/aromatic N) is 1. The average Bonchev–Trinajstić information content (AvgIpc) is 3.17. The van der Waals surface area contributed by atoms with Crippen LogP contribution in [0.4, 0.5) is 5.82 Å². The van der Waals surface area contributed by atoms with Crippen molar-refractivity contribution in [2.75, 3.05) is 11.9 Å². The van der Waals surface area contributed by atoms with Crippen LogP contribution < -0.4 is 10.5 Å². The molecule has 2 heterocycles. The van der Waals surface area contributed by atoms with Crippen molar-refractivity contribution in [2.45, 2.75) is 23.2 Å². The zero-order valence-electron chi connectivity index (χ0n) is 10.5. The Kier molecular flexibility index (Phi) is 2.37. The van der Waals surface area contributed by atoms with Crippen LogP contribution in [0.2, 0.25) is 0 Å². The molecule has 4 rings (SSSR count). The van der Waals surface area contributed by atoms with Crippen molar-refractivity contribution in [1.82, 2.24) is 4.98 Å². The molecule has 3 nitrogen and oxygen atoms in total. The maximum Gasteiger partial charge on any atom is 0.129 e. The smallest absolute Gasteiger partial charge is 0.129 e. The highest BCUT2D eigenvalue weighted by molar-refractivity contribution is 7.97. The Labute approximate surface area is 116 Å².